The largest absolute Gasteiger partial charge is 0.399 e. The van der Waals surface area contributed by atoms with Crippen molar-refractivity contribution in [2.45, 2.75) is 40.5 Å². The highest BCUT2D eigenvalue weighted by Gasteiger charge is 2.18. The van der Waals surface area contributed by atoms with Crippen LogP contribution in [0.1, 0.15) is 40.0 Å². The summed E-state index contributed by atoms with van der Waals surface area (Å²) in [5.41, 5.74) is 7.68. The number of hydrogen-bond acceptors (Lipinski definition) is 4. The third-order valence-corrected chi connectivity index (χ3v) is 3.10. The molecule has 0 spiro atoms. The summed E-state index contributed by atoms with van der Waals surface area (Å²) in [6, 6.07) is 7.52. The lowest BCUT2D eigenvalue weighted by Gasteiger charge is -2.22. The predicted octanol–water partition coefficient (Wildman–Crippen LogP) is 3.93. The molecule has 0 aliphatic heterocycles. The summed E-state index contributed by atoms with van der Waals surface area (Å²) in [5.74, 6) is 1.82. The first-order chi connectivity index (χ1) is 9.33. The highest BCUT2D eigenvalue weighted by atomic mass is 16.5. The van der Waals surface area contributed by atoms with E-state index in [1.807, 2.05) is 24.3 Å². The van der Waals surface area contributed by atoms with Gasteiger partial charge >= 0.3 is 0 Å². The number of benzene rings is 1. The maximum atomic E-state index is 5.77. The minimum atomic E-state index is 0.316. The fourth-order valence-corrected chi connectivity index (χ4v) is 2.55. The van der Waals surface area contributed by atoms with E-state index in [9.17, 15) is 0 Å². The van der Waals surface area contributed by atoms with Crippen LogP contribution in [0.3, 0.4) is 0 Å². The van der Waals surface area contributed by atoms with Gasteiger partial charge < -0.3 is 10.3 Å². The van der Waals surface area contributed by atoms with Gasteiger partial charge in [-0.2, -0.15) is 4.98 Å². The van der Waals surface area contributed by atoms with Gasteiger partial charge in [-0.25, -0.2) is 0 Å². The summed E-state index contributed by atoms with van der Waals surface area (Å²) in [6.07, 6.45) is 1.94. The molecule has 1 atom stereocenters. The van der Waals surface area contributed by atoms with Gasteiger partial charge in [-0.15, -0.1) is 0 Å². The molecule has 2 aromatic rings. The SMILES string of the molecule is CC(Cc1nc(-c2cccc(N)c2)no1)CC(C)(C)C. The molecule has 1 aromatic heterocycles. The summed E-state index contributed by atoms with van der Waals surface area (Å²) >= 11 is 0. The summed E-state index contributed by atoms with van der Waals surface area (Å²) < 4.78 is 5.34. The van der Waals surface area contributed by atoms with Crippen molar-refractivity contribution in [3.8, 4) is 11.4 Å². The van der Waals surface area contributed by atoms with Crippen LogP contribution >= 0.6 is 0 Å². The van der Waals surface area contributed by atoms with Crippen molar-refractivity contribution >= 4 is 5.69 Å². The third-order valence-electron chi connectivity index (χ3n) is 3.10. The Morgan fingerprint density at radius 1 is 1.30 bits per heavy atom. The van der Waals surface area contributed by atoms with E-state index in [1.165, 1.54) is 0 Å². The zero-order chi connectivity index (χ0) is 14.8. The Balaban J connectivity index is 2.06. The van der Waals surface area contributed by atoms with E-state index >= 15 is 0 Å². The Morgan fingerprint density at radius 2 is 2.05 bits per heavy atom. The quantitative estimate of drug-likeness (QED) is 0.857. The van der Waals surface area contributed by atoms with Crippen LogP contribution in [0.5, 0.6) is 0 Å². The van der Waals surface area contributed by atoms with Crippen LogP contribution in [0.25, 0.3) is 11.4 Å². The average Bonchev–Trinajstić information content (AvgIpc) is 2.74. The molecule has 0 radical (unpaired) electrons. The molecule has 1 aromatic carbocycles. The van der Waals surface area contributed by atoms with E-state index < -0.39 is 0 Å². The zero-order valence-corrected chi connectivity index (χ0v) is 12.7. The van der Waals surface area contributed by atoms with Gasteiger partial charge in [0.25, 0.3) is 0 Å². The van der Waals surface area contributed by atoms with Gasteiger partial charge in [0.05, 0.1) is 0 Å². The van der Waals surface area contributed by atoms with E-state index in [1.54, 1.807) is 0 Å². The van der Waals surface area contributed by atoms with Crippen molar-refractivity contribution in [1.82, 2.24) is 10.1 Å². The molecule has 0 aliphatic carbocycles. The smallest absolute Gasteiger partial charge is 0.227 e. The highest BCUT2D eigenvalue weighted by Crippen LogP contribution is 2.26. The maximum absolute atomic E-state index is 5.77. The number of aromatic nitrogens is 2. The summed E-state index contributed by atoms with van der Waals surface area (Å²) in [4.78, 5) is 4.46. The van der Waals surface area contributed by atoms with Gasteiger partial charge in [-0.3, -0.25) is 0 Å². The summed E-state index contributed by atoms with van der Waals surface area (Å²) in [5, 5.41) is 4.04. The van der Waals surface area contributed by atoms with Gasteiger partial charge in [0.15, 0.2) is 0 Å². The molecule has 0 saturated carbocycles. The molecule has 0 aliphatic rings. The van der Waals surface area contributed by atoms with Crippen LogP contribution in [0, 0.1) is 11.3 Å². The van der Waals surface area contributed by atoms with E-state index in [0.717, 1.165) is 18.4 Å². The van der Waals surface area contributed by atoms with Crippen molar-refractivity contribution in [2.24, 2.45) is 11.3 Å². The Kier molecular flexibility index (Phi) is 4.12. The summed E-state index contributed by atoms with van der Waals surface area (Å²) in [7, 11) is 0. The Labute approximate surface area is 120 Å². The lowest BCUT2D eigenvalue weighted by molar-refractivity contribution is 0.283. The van der Waals surface area contributed by atoms with Crippen molar-refractivity contribution < 1.29 is 4.52 Å². The van der Waals surface area contributed by atoms with E-state index in [0.29, 0.717) is 28.7 Å². The van der Waals surface area contributed by atoms with E-state index in [4.69, 9.17) is 10.3 Å². The molecule has 0 amide bonds. The first kappa shape index (κ1) is 14.6. The molecule has 0 bridgehead atoms. The molecule has 108 valence electrons. The van der Waals surface area contributed by atoms with Gasteiger partial charge in [-0.05, 0) is 29.9 Å². The predicted molar refractivity (Wildman–Crippen MR) is 81.1 cm³/mol. The molecule has 20 heavy (non-hydrogen) atoms. The lowest BCUT2D eigenvalue weighted by Crippen LogP contribution is -2.12. The second-order valence-corrected chi connectivity index (χ2v) is 6.71. The standard InChI is InChI=1S/C16H23N3O/c1-11(10-16(2,3)4)8-14-18-15(19-20-14)12-6-5-7-13(17)9-12/h5-7,9,11H,8,10,17H2,1-4H3. The molecule has 2 rings (SSSR count). The molecule has 1 heterocycles. The average molecular weight is 273 g/mol. The molecular weight excluding hydrogens is 250 g/mol. The fraction of sp³-hybridized carbons (Fsp3) is 0.500. The zero-order valence-electron chi connectivity index (χ0n) is 12.7. The van der Waals surface area contributed by atoms with Crippen molar-refractivity contribution in [2.75, 3.05) is 5.73 Å². The number of nitrogens with zero attached hydrogens (tertiary/aromatic N) is 2. The first-order valence-electron chi connectivity index (χ1n) is 7.02. The molecule has 2 N–H and O–H groups in total. The van der Waals surface area contributed by atoms with Crippen molar-refractivity contribution in [1.29, 1.82) is 0 Å². The van der Waals surface area contributed by atoms with E-state index in [2.05, 4.69) is 37.8 Å². The lowest BCUT2D eigenvalue weighted by atomic mass is 9.84. The number of rotatable bonds is 4. The summed E-state index contributed by atoms with van der Waals surface area (Å²) in [6.45, 7) is 8.95. The molecule has 0 saturated heterocycles. The number of anilines is 1. The maximum Gasteiger partial charge on any atom is 0.227 e. The van der Waals surface area contributed by atoms with Crippen LogP contribution in [0.2, 0.25) is 0 Å². The van der Waals surface area contributed by atoms with Crippen LogP contribution in [0.15, 0.2) is 28.8 Å². The van der Waals surface area contributed by atoms with Crippen molar-refractivity contribution in [3.05, 3.63) is 30.2 Å². The molecule has 1 unspecified atom stereocenters. The topological polar surface area (TPSA) is 64.9 Å². The molecule has 0 fully saturated rings. The Morgan fingerprint density at radius 3 is 2.70 bits per heavy atom. The van der Waals surface area contributed by atoms with Gasteiger partial charge in [0, 0.05) is 17.7 Å². The number of hydrogen-bond donors (Lipinski definition) is 1. The number of nitrogen functional groups attached to an aromatic ring is 1. The van der Waals surface area contributed by atoms with Crippen LogP contribution in [-0.4, -0.2) is 10.1 Å². The second kappa shape index (κ2) is 5.65. The molecular formula is C16H23N3O. The Bertz CT molecular complexity index is 569. The van der Waals surface area contributed by atoms with Crippen LogP contribution in [-0.2, 0) is 6.42 Å². The first-order valence-corrected chi connectivity index (χ1v) is 7.02. The molecule has 4 nitrogen and oxygen atoms in total. The third kappa shape index (κ3) is 4.08. The molecule has 4 heteroatoms. The number of nitrogens with two attached hydrogens (primary N) is 1. The van der Waals surface area contributed by atoms with Crippen molar-refractivity contribution in [3.63, 3.8) is 0 Å². The monoisotopic (exact) mass is 273 g/mol. The fourth-order valence-electron chi connectivity index (χ4n) is 2.55. The minimum absolute atomic E-state index is 0.316. The normalized spacial score (nSPS) is 13.4. The van der Waals surface area contributed by atoms with E-state index in [-0.39, 0.29) is 0 Å². The van der Waals surface area contributed by atoms with Gasteiger partial charge in [0.2, 0.25) is 11.7 Å². The highest BCUT2D eigenvalue weighted by molar-refractivity contribution is 5.60. The van der Waals surface area contributed by atoms with Gasteiger partial charge in [-0.1, -0.05) is 45.0 Å². The van der Waals surface area contributed by atoms with Crippen LogP contribution < -0.4 is 5.73 Å². The minimum Gasteiger partial charge on any atom is -0.399 e. The second-order valence-electron chi connectivity index (χ2n) is 6.71. The van der Waals surface area contributed by atoms with Crippen LogP contribution in [0.4, 0.5) is 5.69 Å². The van der Waals surface area contributed by atoms with Gasteiger partial charge in [0.1, 0.15) is 0 Å². The Hall–Kier alpha value is -1.84.